The van der Waals surface area contributed by atoms with Gasteiger partial charge in [-0.15, -0.1) is 11.8 Å². The number of ether oxygens (including phenoxy) is 1. The van der Waals surface area contributed by atoms with Gasteiger partial charge in [0.25, 0.3) is 0 Å². The van der Waals surface area contributed by atoms with E-state index in [-0.39, 0.29) is 11.9 Å². The summed E-state index contributed by atoms with van der Waals surface area (Å²) in [6, 6.07) is 6.38. The van der Waals surface area contributed by atoms with Crippen molar-refractivity contribution in [2.75, 3.05) is 12.4 Å². The molecule has 1 unspecified atom stereocenters. The first-order valence-corrected chi connectivity index (χ1v) is 6.89. The molecule has 0 aromatic heterocycles. The van der Waals surface area contributed by atoms with Gasteiger partial charge in [0, 0.05) is 10.6 Å². The minimum Gasteiger partial charge on any atom is -0.466 e. The summed E-state index contributed by atoms with van der Waals surface area (Å²) in [6.45, 7) is 8.39. The lowest BCUT2D eigenvalue weighted by molar-refractivity contribution is -0.146. The number of carbonyl (C=O) groups is 1. The molecule has 0 aliphatic carbocycles. The number of hydrogen-bond acceptors (Lipinski definition) is 3. The lowest BCUT2D eigenvalue weighted by Gasteiger charge is -2.11. The zero-order valence-corrected chi connectivity index (χ0v) is 11.8. The largest absolute Gasteiger partial charge is 0.466 e. The fraction of sp³-hybridized carbons (Fsp3) is 0.500. The van der Waals surface area contributed by atoms with Crippen molar-refractivity contribution in [3.63, 3.8) is 0 Å². The van der Waals surface area contributed by atoms with E-state index >= 15 is 0 Å². The Labute approximate surface area is 108 Å². The fourth-order valence-corrected chi connectivity index (χ4v) is 2.55. The normalized spacial score (nSPS) is 12.2. The van der Waals surface area contributed by atoms with Crippen LogP contribution in [0, 0.1) is 19.8 Å². The monoisotopic (exact) mass is 252 g/mol. The number of rotatable bonds is 5. The molecule has 0 fully saturated rings. The van der Waals surface area contributed by atoms with E-state index in [1.807, 2.05) is 13.8 Å². The third-order valence-corrected chi connectivity index (χ3v) is 3.94. The standard InChI is InChI=1S/C14H20O2S/c1-5-16-14(15)12(4)9-17-13-7-6-10(2)8-11(13)3/h6-8,12H,5,9H2,1-4H3. The first-order chi connectivity index (χ1) is 8.04. The van der Waals surface area contributed by atoms with Crippen LogP contribution in [0.4, 0.5) is 0 Å². The molecule has 1 aromatic rings. The number of thioether (sulfide) groups is 1. The minimum atomic E-state index is -0.107. The van der Waals surface area contributed by atoms with Gasteiger partial charge in [-0.25, -0.2) is 0 Å². The first kappa shape index (κ1) is 14.1. The molecule has 0 aliphatic rings. The maximum Gasteiger partial charge on any atom is 0.309 e. The highest BCUT2D eigenvalue weighted by molar-refractivity contribution is 7.99. The SMILES string of the molecule is CCOC(=O)C(C)CSc1ccc(C)cc1C. The van der Waals surface area contributed by atoms with Crippen LogP contribution < -0.4 is 0 Å². The van der Waals surface area contributed by atoms with Crippen LogP contribution >= 0.6 is 11.8 Å². The molecule has 0 N–H and O–H groups in total. The maximum atomic E-state index is 11.5. The van der Waals surface area contributed by atoms with Gasteiger partial charge in [0.05, 0.1) is 12.5 Å². The van der Waals surface area contributed by atoms with Crippen LogP contribution in [0.1, 0.15) is 25.0 Å². The van der Waals surface area contributed by atoms with Gasteiger partial charge in [0.15, 0.2) is 0 Å². The molecule has 0 bridgehead atoms. The van der Waals surface area contributed by atoms with Gasteiger partial charge in [0.1, 0.15) is 0 Å². The molecule has 17 heavy (non-hydrogen) atoms. The minimum absolute atomic E-state index is 0.0550. The highest BCUT2D eigenvalue weighted by atomic mass is 32.2. The van der Waals surface area contributed by atoms with Gasteiger partial charge < -0.3 is 4.74 Å². The van der Waals surface area contributed by atoms with E-state index in [2.05, 4.69) is 32.0 Å². The number of esters is 1. The molecule has 0 aliphatic heterocycles. The second kappa shape index (κ2) is 6.70. The summed E-state index contributed by atoms with van der Waals surface area (Å²) >= 11 is 1.72. The molecule has 0 amide bonds. The van der Waals surface area contributed by atoms with Gasteiger partial charge in [-0.3, -0.25) is 4.79 Å². The van der Waals surface area contributed by atoms with E-state index in [1.165, 1.54) is 16.0 Å². The van der Waals surface area contributed by atoms with E-state index in [4.69, 9.17) is 4.74 Å². The number of aryl methyl sites for hydroxylation is 2. The Bertz CT molecular complexity index is 388. The molecule has 0 spiro atoms. The molecular weight excluding hydrogens is 232 g/mol. The quantitative estimate of drug-likeness (QED) is 0.591. The molecule has 1 rings (SSSR count). The Morgan fingerprint density at radius 1 is 1.41 bits per heavy atom. The third-order valence-electron chi connectivity index (χ3n) is 2.51. The van der Waals surface area contributed by atoms with Gasteiger partial charge in [-0.1, -0.05) is 24.6 Å². The lowest BCUT2D eigenvalue weighted by atomic mass is 10.2. The summed E-state index contributed by atoms with van der Waals surface area (Å²) in [5.41, 5.74) is 2.54. The van der Waals surface area contributed by atoms with Crippen molar-refractivity contribution in [3.05, 3.63) is 29.3 Å². The van der Waals surface area contributed by atoms with Gasteiger partial charge in [-0.05, 0) is 32.4 Å². The van der Waals surface area contributed by atoms with Crippen molar-refractivity contribution in [1.82, 2.24) is 0 Å². The Morgan fingerprint density at radius 2 is 2.12 bits per heavy atom. The molecule has 1 aromatic carbocycles. The molecule has 0 heterocycles. The van der Waals surface area contributed by atoms with Crippen molar-refractivity contribution in [2.24, 2.45) is 5.92 Å². The zero-order valence-electron chi connectivity index (χ0n) is 10.9. The summed E-state index contributed by atoms with van der Waals surface area (Å²) in [5, 5.41) is 0. The zero-order chi connectivity index (χ0) is 12.8. The molecular formula is C14H20O2S. The van der Waals surface area contributed by atoms with Gasteiger partial charge >= 0.3 is 5.97 Å². The first-order valence-electron chi connectivity index (χ1n) is 5.91. The van der Waals surface area contributed by atoms with Crippen molar-refractivity contribution < 1.29 is 9.53 Å². The maximum absolute atomic E-state index is 11.5. The van der Waals surface area contributed by atoms with Crippen LogP contribution in [-0.4, -0.2) is 18.3 Å². The molecule has 94 valence electrons. The molecule has 0 saturated carbocycles. The van der Waals surface area contributed by atoms with Gasteiger partial charge in [0.2, 0.25) is 0 Å². The fourth-order valence-electron chi connectivity index (χ4n) is 1.53. The number of hydrogen-bond donors (Lipinski definition) is 0. The molecule has 2 nitrogen and oxygen atoms in total. The van der Waals surface area contributed by atoms with Crippen molar-refractivity contribution >= 4 is 17.7 Å². The van der Waals surface area contributed by atoms with Crippen LogP contribution in [0.3, 0.4) is 0 Å². The molecule has 3 heteroatoms. The Kier molecular flexibility index (Phi) is 5.56. The Morgan fingerprint density at radius 3 is 2.71 bits per heavy atom. The van der Waals surface area contributed by atoms with Crippen LogP contribution in [0.2, 0.25) is 0 Å². The summed E-state index contributed by atoms with van der Waals surface area (Å²) in [6.07, 6.45) is 0. The number of carbonyl (C=O) groups excluding carboxylic acids is 1. The average molecular weight is 252 g/mol. The summed E-state index contributed by atoms with van der Waals surface area (Å²) in [4.78, 5) is 12.7. The molecule has 0 radical (unpaired) electrons. The van der Waals surface area contributed by atoms with E-state index < -0.39 is 0 Å². The predicted molar refractivity (Wildman–Crippen MR) is 72.4 cm³/mol. The van der Waals surface area contributed by atoms with Gasteiger partial charge in [-0.2, -0.15) is 0 Å². The average Bonchev–Trinajstić information content (AvgIpc) is 2.27. The van der Waals surface area contributed by atoms with E-state index in [0.717, 1.165) is 5.75 Å². The summed E-state index contributed by atoms with van der Waals surface area (Å²) in [7, 11) is 0. The topological polar surface area (TPSA) is 26.3 Å². The number of benzene rings is 1. The second-order valence-corrected chi connectivity index (χ2v) is 5.29. The second-order valence-electron chi connectivity index (χ2n) is 4.23. The highest BCUT2D eigenvalue weighted by Gasteiger charge is 2.14. The lowest BCUT2D eigenvalue weighted by Crippen LogP contribution is -2.16. The summed E-state index contributed by atoms with van der Waals surface area (Å²) < 4.78 is 4.99. The van der Waals surface area contributed by atoms with E-state index in [9.17, 15) is 4.79 Å². The van der Waals surface area contributed by atoms with E-state index in [0.29, 0.717) is 6.61 Å². The van der Waals surface area contributed by atoms with Crippen molar-refractivity contribution in [1.29, 1.82) is 0 Å². The van der Waals surface area contributed by atoms with Crippen LogP contribution in [0.25, 0.3) is 0 Å². The van der Waals surface area contributed by atoms with E-state index in [1.54, 1.807) is 11.8 Å². The third kappa shape index (κ3) is 4.43. The Balaban J connectivity index is 2.52. The molecule has 0 saturated heterocycles. The van der Waals surface area contributed by atoms with Crippen LogP contribution in [0.5, 0.6) is 0 Å². The van der Waals surface area contributed by atoms with Crippen molar-refractivity contribution in [3.8, 4) is 0 Å². The Hall–Kier alpha value is -0.960. The van der Waals surface area contributed by atoms with Crippen molar-refractivity contribution in [2.45, 2.75) is 32.6 Å². The van der Waals surface area contributed by atoms with Crippen LogP contribution in [0.15, 0.2) is 23.1 Å². The predicted octanol–water partition coefficient (Wildman–Crippen LogP) is 3.59. The smallest absolute Gasteiger partial charge is 0.309 e. The highest BCUT2D eigenvalue weighted by Crippen LogP contribution is 2.25. The summed E-state index contributed by atoms with van der Waals surface area (Å²) in [5.74, 6) is 0.605. The molecule has 1 atom stereocenters. The van der Waals surface area contributed by atoms with Crippen LogP contribution in [-0.2, 0) is 9.53 Å².